The largest absolute Gasteiger partial charge is 0.543 e. The number of anilines is 1. The number of pyridine rings is 1. The molecule has 1 saturated heterocycles. The molecule has 0 saturated carbocycles. The molecule has 0 aromatic carbocycles. The van der Waals surface area contributed by atoms with Gasteiger partial charge in [0.1, 0.15) is 24.2 Å². The van der Waals surface area contributed by atoms with Crippen LogP contribution >= 0.6 is 23.1 Å². The molecule has 0 spiro atoms. The van der Waals surface area contributed by atoms with E-state index in [0.717, 1.165) is 21.8 Å². The number of thioether (sulfide) groups is 1. The zero-order chi connectivity index (χ0) is 26.1. The van der Waals surface area contributed by atoms with E-state index in [0.29, 0.717) is 17.2 Å². The normalized spacial score (nSPS) is 19.3. The van der Waals surface area contributed by atoms with Gasteiger partial charge in [-0.1, -0.05) is 10.3 Å². The first-order valence-corrected chi connectivity index (χ1v) is 12.6. The summed E-state index contributed by atoms with van der Waals surface area (Å²) in [7, 11) is 1.27. The van der Waals surface area contributed by atoms with Crippen molar-refractivity contribution in [2.24, 2.45) is 5.16 Å². The molecule has 3 N–H and O–H groups in total. The van der Waals surface area contributed by atoms with Crippen LogP contribution in [0.5, 0.6) is 0 Å². The summed E-state index contributed by atoms with van der Waals surface area (Å²) in [5, 5.41) is 23.3. The average Bonchev–Trinajstić information content (AvgIpc) is 3.58. The summed E-state index contributed by atoms with van der Waals surface area (Å²) in [6, 6.07) is 2.56. The molecule has 1 fully saturated rings. The molecule has 3 aromatic rings. The molecule has 3 aromatic heterocycles. The molecule has 0 aliphatic carbocycles. The van der Waals surface area contributed by atoms with Gasteiger partial charge in [-0.05, 0) is 0 Å². The number of rotatable bonds is 8. The number of nitrogens with two attached hydrogens (primary N) is 1. The maximum absolute atomic E-state index is 13.0. The van der Waals surface area contributed by atoms with Gasteiger partial charge in [0.2, 0.25) is 12.2 Å². The van der Waals surface area contributed by atoms with Crippen molar-refractivity contribution in [3.05, 3.63) is 53.3 Å². The lowest BCUT2D eigenvalue weighted by Crippen LogP contribution is -2.71. The van der Waals surface area contributed by atoms with Gasteiger partial charge in [0.15, 0.2) is 29.8 Å². The van der Waals surface area contributed by atoms with Crippen LogP contribution in [0.3, 0.4) is 0 Å². The number of nitrogens with one attached hydrogen (secondary N) is 1. The fourth-order valence-corrected chi connectivity index (χ4v) is 5.81. The summed E-state index contributed by atoms with van der Waals surface area (Å²) in [5.41, 5.74) is 6.70. The van der Waals surface area contributed by atoms with Crippen LogP contribution in [0.2, 0.25) is 0 Å². The third-order valence-corrected chi connectivity index (χ3v) is 7.59. The third-order valence-electron chi connectivity index (χ3n) is 5.57. The highest BCUT2D eigenvalue weighted by molar-refractivity contribution is 8.00. The number of fused-ring (bicyclic) bond motifs is 1. The van der Waals surface area contributed by atoms with Crippen LogP contribution in [0, 0.1) is 0 Å². The zero-order valence-corrected chi connectivity index (χ0v) is 20.7. The molecule has 2 amide bonds. The van der Waals surface area contributed by atoms with Crippen LogP contribution in [-0.2, 0) is 25.8 Å². The zero-order valence-electron chi connectivity index (χ0n) is 19.1. The van der Waals surface area contributed by atoms with Gasteiger partial charge in [-0.3, -0.25) is 14.5 Å². The van der Waals surface area contributed by atoms with E-state index >= 15 is 0 Å². The first-order valence-electron chi connectivity index (χ1n) is 10.6. The molecular weight excluding hydrogens is 524 g/mol. The molecule has 0 unspecified atom stereocenters. The SMILES string of the molecule is CO/N=C(\C(=O)N[C@@H]1C(=O)N2C(C(=O)[O-])=C(C[n+]3ccc(-c4ncon4)cc3)CS[C@H]12)c1csc(N)n1. The predicted octanol–water partition coefficient (Wildman–Crippen LogP) is -1.48. The third kappa shape index (κ3) is 4.63. The number of β-lactam (4-membered cyclic amide) rings is 1. The summed E-state index contributed by atoms with van der Waals surface area (Å²) in [6.45, 7) is 0.215. The van der Waals surface area contributed by atoms with Gasteiger partial charge in [0.05, 0.1) is 11.7 Å². The molecular formula is C21H18N8O6S2. The first kappa shape index (κ1) is 24.4. The Morgan fingerprint density at radius 3 is 2.81 bits per heavy atom. The van der Waals surface area contributed by atoms with Crippen molar-refractivity contribution in [1.29, 1.82) is 0 Å². The van der Waals surface area contributed by atoms with Crippen molar-refractivity contribution >= 4 is 51.7 Å². The fourth-order valence-electron chi connectivity index (χ4n) is 3.93. The number of nitrogens with zero attached hydrogens (tertiary/aromatic N) is 6. The van der Waals surface area contributed by atoms with Crippen LogP contribution in [0.15, 0.2) is 57.2 Å². The first-order chi connectivity index (χ1) is 17.9. The number of amides is 2. The molecule has 16 heteroatoms. The van der Waals surface area contributed by atoms with Crippen LogP contribution in [-0.4, -0.2) is 67.8 Å². The standard InChI is InChI=1S/C21H18N8O6S2/c1-34-26-13(12-8-37-21(22)24-12)17(30)25-14-18(31)29-15(20(32)33)11(7-36-19(14)29)6-28-4-2-10(3-5-28)16-23-9-35-27-16/h2-5,8-9,14,19H,6-7H2,1H3,(H3-,22,24,25,30,32,33)/b26-13-/t14-,19-/m1/s1. The number of nitrogen functional groups attached to an aromatic ring is 1. The topological polar surface area (TPSA) is 193 Å². The van der Waals surface area contributed by atoms with Crippen LogP contribution in [0.25, 0.3) is 11.4 Å². The molecule has 190 valence electrons. The summed E-state index contributed by atoms with van der Waals surface area (Å²) in [4.78, 5) is 51.8. The van der Waals surface area contributed by atoms with Gasteiger partial charge in [0.25, 0.3) is 11.8 Å². The Morgan fingerprint density at radius 2 is 2.19 bits per heavy atom. The number of aliphatic carboxylic acids is 1. The minimum absolute atomic E-state index is 0.153. The minimum atomic E-state index is -1.47. The monoisotopic (exact) mass is 542 g/mol. The van der Waals surface area contributed by atoms with Crippen LogP contribution < -0.4 is 20.7 Å². The Hall–Kier alpha value is -4.31. The molecule has 5 rings (SSSR count). The second-order valence-electron chi connectivity index (χ2n) is 7.81. The number of carboxylic acids is 1. The van der Waals surface area contributed by atoms with E-state index in [2.05, 4.69) is 25.6 Å². The van der Waals surface area contributed by atoms with E-state index in [1.165, 1.54) is 30.6 Å². The van der Waals surface area contributed by atoms with Gasteiger partial charge in [0, 0.05) is 34.4 Å². The highest BCUT2D eigenvalue weighted by Gasteiger charge is 2.53. The number of thiazole rings is 1. The average molecular weight is 543 g/mol. The van der Waals surface area contributed by atoms with Crippen molar-refractivity contribution in [1.82, 2.24) is 25.3 Å². The van der Waals surface area contributed by atoms with E-state index in [4.69, 9.17) is 15.1 Å². The van der Waals surface area contributed by atoms with Crippen molar-refractivity contribution in [2.45, 2.75) is 18.0 Å². The Morgan fingerprint density at radius 1 is 1.41 bits per heavy atom. The fraction of sp³-hybridized carbons (Fsp3) is 0.238. The molecule has 2 aliphatic heterocycles. The summed E-state index contributed by atoms with van der Waals surface area (Å²) in [5.74, 6) is -2.01. The van der Waals surface area contributed by atoms with Gasteiger partial charge in [-0.25, -0.2) is 9.55 Å². The molecule has 2 aliphatic rings. The minimum Gasteiger partial charge on any atom is -0.543 e. The Labute approximate surface area is 216 Å². The molecule has 37 heavy (non-hydrogen) atoms. The van der Waals surface area contributed by atoms with Crippen molar-refractivity contribution in [3.63, 3.8) is 0 Å². The Kier molecular flexibility index (Phi) is 6.58. The van der Waals surface area contributed by atoms with Crippen LogP contribution in [0.1, 0.15) is 5.69 Å². The molecule has 0 bridgehead atoms. The lowest BCUT2D eigenvalue weighted by molar-refractivity contribution is -0.689. The quantitative estimate of drug-likeness (QED) is 0.146. The van der Waals surface area contributed by atoms with Crippen molar-refractivity contribution in [2.75, 3.05) is 18.6 Å². The van der Waals surface area contributed by atoms with Gasteiger partial charge in [-0.2, -0.15) is 4.98 Å². The lowest BCUT2D eigenvalue weighted by Gasteiger charge is -2.50. The Bertz CT molecular complexity index is 1420. The lowest BCUT2D eigenvalue weighted by atomic mass is 10.0. The number of carbonyl (C=O) groups excluding carboxylic acids is 3. The smallest absolute Gasteiger partial charge is 0.276 e. The highest BCUT2D eigenvalue weighted by atomic mass is 32.2. The van der Waals surface area contributed by atoms with E-state index in [1.807, 2.05) is 0 Å². The Balaban J connectivity index is 1.32. The summed E-state index contributed by atoms with van der Waals surface area (Å²) in [6.07, 6.45) is 4.71. The molecule has 2 atom stereocenters. The molecule has 0 radical (unpaired) electrons. The number of oxime groups is 1. The number of hydrogen-bond donors (Lipinski definition) is 2. The van der Waals surface area contributed by atoms with Gasteiger partial charge in [-0.15, -0.1) is 23.1 Å². The molecule has 14 nitrogen and oxygen atoms in total. The number of hydrogen-bond acceptors (Lipinski definition) is 13. The molecule has 5 heterocycles. The van der Waals surface area contributed by atoms with E-state index in [1.54, 1.807) is 29.1 Å². The van der Waals surface area contributed by atoms with Gasteiger partial charge >= 0.3 is 0 Å². The van der Waals surface area contributed by atoms with Crippen molar-refractivity contribution in [3.8, 4) is 11.4 Å². The van der Waals surface area contributed by atoms with Crippen LogP contribution in [0.4, 0.5) is 5.13 Å². The van der Waals surface area contributed by atoms with E-state index in [-0.39, 0.29) is 28.8 Å². The van der Waals surface area contributed by atoms with Crippen molar-refractivity contribution < 1.29 is 33.4 Å². The van der Waals surface area contributed by atoms with E-state index < -0.39 is 29.2 Å². The summed E-state index contributed by atoms with van der Waals surface area (Å²) >= 11 is 2.45. The maximum Gasteiger partial charge on any atom is 0.276 e. The van der Waals surface area contributed by atoms with Gasteiger partial charge < -0.3 is 30.3 Å². The summed E-state index contributed by atoms with van der Waals surface area (Å²) < 4.78 is 6.51. The second kappa shape index (κ2) is 9.98. The predicted molar refractivity (Wildman–Crippen MR) is 127 cm³/mol. The number of carboxylic acid groups (broad SMARTS) is 1. The van der Waals surface area contributed by atoms with E-state index in [9.17, 15) is 19.5 Å². The number of aromatic nitrogens is 4. The highest BCUT2D eigenvalue weighted by Crippen LogP contribution is 2.40. The maximum atomic E-state index is 13.0. The second-order valence-corrected chi connectivity index (χ2v) is 9.80. The number of carbonyl (C=O) groups is 3.